The molecule has 1 atom stereocenters. The van der Waals surface area contributed by atoms with Crippen molar-refractivity contribution < 1.29 is 14.3 Å². The molecule has 3 rings (SSSR count). The molecular formula is C22H26N2O3. The molecule has 1 aliphatic rings. The topological polar surface area (TPSA) is 58.6 Å². The smallest absolute Gasteiger partial charge is 0.227 e. The number of benzene rings is 2. The van der Waals surface area contributed by atoms with Gasteiger partial charge in [-0.3, -0.25) is 9.59 Å². The fourth-order valence-corrected chi connectivity index (χ4v) is 3.42. The Morgan fingerprint density at radius 2 is 1.85 bits per heavy atom. The van der Waals surface area contributed by atoms with E-state index in [2.05, 4.69) is 11.4 Å². The summed E-state index contributed by atoms with van der Waals surface area (Å²) in [6, 6.07) is 13.8. The average Bonchev–Trinajstić information content (AvgIpc) is 3.04. The molecule has 2 aromatic carbocycles. The van der Waals surface area contributed by atoms with Gasteiger partial charge in [-0.15, -0.1) is 0 Å². The van der Waals surface area contributed by atoms with Gasteiger partial charge in [-0.1, -0.05) is 35.4 Å². The van der Waals surface area contributed by atoms with Crippen molar-refractivity contribution in [3.63, 3.8) is 0 Å². The third kappa shape index (κ3) is 4.48. The van der Waals surface area contributed by atoms with Crippen molar-refractivity contribution in [1.82, 2.24) is 5.32 Å². The van der Waals surface area contributed by atoms with E-state index in [4.69, 9.17) is 4.74 Å². The van der Waals surface area contributed by atoms with E-state index < -0.39 is 0 Å². The van der Waals surface area contributed by atoms with Gasteiger partial charge in [0, 0.05) is 25.2 Å². The van der Waals surface area contributed by atoms with Crippen LogP contribution in [0.4, 0.5) is 5.69 Å². The third-order valence-electron chi connectivity index (χ3n) is 4.97. The zero-order valence-corrected chi connectivity index (χ0v) is 16.1. The van der Waals surface area contributed by atoms with Gasteiger partial charge in [0.05, 0.1) is 13.0 Å². The Balaban J connectivity index is 1.55. The second-order valence-corrected chi connectivity index (χ2v) is 7.10. The van der Waals surface area contributed by atoms with E-state index in [0.717, 1.165) is 28.1 Å². The molecule has 2 aromatic rings. The molecular weight excluding hydrogens is 340 g/mol. The summed E-state index contributed by atoms with van der Waals surface area (Å²) in [5.74, 6) is 0.457. The van der Waals surface area contributed by atoms with E-state index >= 15 is 0 Å². The van der Waals surface area contributed by atoms with Crippen LogP contribution in [0, 0.1) is 19.8 Å². The minimum absolute atomic E-state index is 0.000596. The van der Waals surface area contributed by atoms with Gasteiger partial charge in [-0.2, -0.15) is 0 Å². The quantitative estimate of drug-likeness (QED) is 0.855. The molecule has 0 radical (unpaired) electrons. The van der Waals surface area contributed by atoms with Crippen LogP contribution < -0.4 is 15.0 Å². The van der Waals surface area contributed by atoms with E-state index in [9.17, 15) is 9.59 Å². The highest BCUT2D eigenvalue weighted by Gasteiger charge is 2.34. The molecule has 0 unspecified atom stereocenters. The number of hydrogen-bond donors (Lipinski definition) is 1. The van der Waals surface area contributed by atoms with Gasteiger partial charge in [0.2, 0.25) is 11.8 Å². The van der Waals surface area contributed by atoms with Crippen LogP contribution in [-0.4, -0.2) is 32.0 Å². The Morgan fingerprint density at radius 1 is 1.15 bits per heavy atom. The van der Waals surface area contributed by atoms with Crippen molar-refractivity contribution in [3.05, 3.63) is 59.2 Å². The van der Waals surface area contributed by atoms with Gasteiger partial charge in [0.25, 0.3) is 0 Å². The summed E-state index contributed by atoms with van der Waals surface area (Å²) < 4.78 is 5.38. The summed E-state index contributed by atoms with van der Waals surface area (Å²) in [6.07, 6.45) is 0.951. The van der Waals surface area contributed by atoms with E-state index in [0.29, 0.717) is 19.5 Å². The molecule has 0 spiro atoms. The monoisotopic (exact) mass is 366 g/mol. The lowest BCUT2D eigenvalue weighted by Gasteiger charge is -2.17. The zero-order chi connectivity index (χ0) is 19.4. The molecule has 2 amide bonds. The van der Waals surface area contributed by atoms with Crippen LogP contribution in [0.25, 0.3) is 0 Å². The molecule has 0 aromatic heterocycles. The second-order valence-electron chi connectivity index (χ2n) is 7.10. The number of carbonyl (C=O) groups excluding carboxylic acids is 2. The largest absolute Gasteiger partial charge is 0.496 e. The zero-order valence-electron chi connectivity index (χ0n) is 16.1. The Hall–Kier alpha value is -2.82. The molecule has 5 nitrogen and oxygen atoms in total. The van der Waals surface area contributed by atoms with Gasteiger partial charge in [0.1, 0.15) is 5.75 Å². The molecule has 0 saturated carbocycles. The number of ether oxygens (including phenoxy) is 1. The summed E-state index contributed by atoms with van der Waals surface area (Å²) in [6.45, 7) is 5.00. The van der Waals surface area contributed by atoms with Crippen LogP contribution >= 0.6 is 0 Å². The molecule has 0 aliphatic carbocycles. The number of rotatable bonds is 6. The maximum Gasteiger partial charge on any atom is 0.227 e. The maximum atomic E-state index is 12.5. The number of amides is 2. The highest BCUT2D eigenvalue weighted by molar-refractivity contribution is 6.00. The van der Waals surface area contributed by atoms with Gasteiger partial charge in [0.15, 0.2) is 0 Å². The van der Waals surface area contributed by atoms with Crippen molar-refractivity contribution in [3.8, 4) is 5.75 Å². The normalized spacial score (nSPS) is 16.5. The number of nitrogens with one attached hydrogen (secondary N) is 1. The lowest BCUT2D eigenvalue weighted by molar-refractivity contribution is -0.126. The van der Waals surface area contributed by atoms with Crippen LogP contribution in [0.5, 0.6) is 5.75 Å². The number of hydrogen-bond acceptors (Lipinski definition) is 3. The number of aryl methyl sites for hydroxylation is 2. The molecule has 27 heavy (non-hydrogen) atoms. The first kappa shape index (κ1) is 19.0. The Labute approximate surface area is 160 Å². The minimum Gasteiger partial charge on any atom is -0.496 e. The standard InChI is InChI=1S/C22H26N2O3/c1-15-4-7-19(8-5-15)24-14-18(13-21(24)25)22(26)23-11-10-17-12-16(2)6-9-20(17)27-3/h4-9,12,18H,10-11,13-14H2,1-3H3,(H,23,26)/t18-/m1/s1. The Bertz CT molecular complexity index is 830. The molecule has 1 N–H and O–H groups in total. The lowest BCUT2D eigenvalue weighted by Crippen LogP contribution is -2.34. The summed E-state index contributed by atoms with van der Waals surface area (Å²) in [5, 5.41) is 2.97. The first-order chi connectivity index (χ1) is 13.0. The lowest BCUT2D eigenvalue weighted by atomic mass is 10.1. The Morgan fingerprint density at radius 3 is 2.56 bits per heavy atom. The predicted molar refractivity (Wildman–Crippen MR) is 106 cm³/mol. The van der Waals surface area contributed by atoms with Crippen LogP contribution in [0.1, 0.15) is 23.1 Å². The molecule has 142 valence electrons. The van der Waals surface area contributed by atoms with Gasteiger partial charge >= 0.3 is 0 Å². The van der Waals surface area contributed by atoms with Crippen LogP contribution in [0.3, 0.4) is 0 Å². The number of anilines is 1. The number of carbonyl (C=O) groups is 2. The van der Waals surface area contributed by atoms with Gasteiger partial charge in [-0.05, 0) is 44.0 Å². The van der Waals surface area contributed by atoms with Crippen LogP contribution in [0.2, 0.25) is 0 Å². The molecule has 1 heterocycles. The second kappa shape index (κ2) is 8.25. The molecule has 5 heteroatoms. The van der Waals surface area contributed by atoms with Crippen molar-refractivity contribution >= 4 is 17.5 Å². The van der Waals surface area contributed by atoms with Crippen molar-refractivity contribution in [2.75, 3.05) is 25.1 Å². The number of nitrogens with zero attached hydrogens (tertiary/aromatic N) is 1. The maximum absolute atomic E-state index is 12.5. The molecule has 1 aliphatic heterocycles. The fourth-order valence-electron chi connectivity index (χ4n) is 3.42. The number of methoxy groups -OCH3 is 1. The first-order valence-electron chi connectivity index (χ1n) is 9.26. The van der Waals surface area contributed by atoms with Gasteiger partial charge in [-0.25, -0.2) is 0 Å². The van der Waals surface area contributed by atoms with E-state index in [1.807, 2.05) is 50.2 Å². The van der Waals surface area contributed by atoms with Crippen molar-refractivity contribution in [2.45, 2.75) is 26.7 Å². The van der Waals surface area contributed by atoms with Gasteiger partial charge < -0.3 is 15.0 Å². The van der Waals surface area contributed by atoms with Crippen LogP contribution in [0.15, 0.2) is 42.5 Å². The van der Waals surface area contributed by atoms with E-state index in [-0.39, 0.29) is 24.2 Å². The van der Waals surface area contributed by atoms with Crippen molar-refractivity contribution in [1.29, 1.82) is 0 Å². The van der Waals surface area contributed by atoms with Crippen molar-refractivity contribution in [2.24, 2.45) is 5.92 Å². The average molecular weight is 366 g/mol. The summed E-state index contributed by atoms with van der Waals surface area (Å²) in [5.41, 5.74) is 4.23. The third-order valence-corrected chi connectivity index (χ3v) is 4.97. The molecule has 0 bridgehead atoms. The Kier molecular flexibility index (Phi) is 5.79. The summed E-state index contributed by atoms with van der Waals surface area (Å²) >= 11 is 0. The highest BCUT2D eigenvalue weighted by atomic mass is 16.5. The van der Waals surface area contributed by atoms with E-state index in [1.165, 1.54) is 0 Å². The summed E-state index contributed by atoms with van der Waals surface area (Å²) in [7, 11) is 1.65. The highest BCUT2D eigenvalue weighted by Crippen LogP contribution is 2.25. The predicted octanol–water partition coefficient (Wildman–Crippen LogP) is 3.02. The SMILES string of the molecule is COc1ccc(C)cc1CCNC(=O)[C@@H]1CC(=O)N(c2ccc(C)cc2)C1. The minimum atomic E-state index is -0.307. The fraction of sp³-hybridized carbons (Fsp3) is 0.364. The molecule has 1 saturated heterocycles. The first-order valence-corrected chi connectivity index (χ1v) is 9.26. The summed E-state index contributed by atoms with van der Waals surface area (Å²) in [4.78, 5) is 26.5. The van der Waals surface area contributed by atoms with Crippen LogP contribution in [-0.2, 0) is 16.0 Å². The van der Waals surface area contributed by atoms with E-state index in [1.54, 1.807) is 12.0 Å². The molecule has 1 fully saturated rings.